The van der Waals surface area contributed by atoms with E-state index in [-0.39, 0.29) is 0 Å². The molecule has 0 heterocycles. The smallest absolute Gasteiger partial charge is 0.119 e. The van der Waals surface area contributed by atoms with Crippen LogP contribution in [0.25, 0.3) is 0 Å². The van der Waals surface area contributed by atoms with Gasteiger partial charge in [0.05, 0.1) is 0 Å². The van der Waals surface area contributed by atoms with Gasteiger partial charge in [-0.15, -0.1) is 0 Å². The minimum Gasteiger partial charge on any atom is -0.508 e. The molecule has 0 radical (unpaired) electrons. The Labute approximate surface area is 241 Å². The predicted molar refractivity (Wildman–Crippen MR) is 170 cm³/mol. The van der Waals surface area contributed by atoms with Crippen molar-refractivity contribution in [2.45, 2.75) is 162 Å². The van der Waals surface area contributed by atoms with Crippen LogP contribution in [-0.4, -0.2) is 10.2 Å². The molecule has 0 aromatic heterocycles. The summed E-state index contributed by atoms with van der Waals surface area (Å²) in [7, 11) is 0. The van der Waals surface area contributed by atoms with Crippen molar-refractivity contribution in [2.24, 2.45) is 0 Å². The van der Waals surface area contributed by atoms with Crippen LogP contribution < -0.4 is 0 Å². The SMILES string of the molecule is CCCCCCCCCCCCc1c(O)cccc1Cc1cccc(O)c1CCCCCCCCCCCC. The molecule has 0 saturated heterocycles. The number of rotatable bonds is 24. The highest BCUT2D eigenvalue weighted by atomic mass is 16.3. The zero-order chi connectivity index (χ0) is 28.0. The molecule has 2 heteroatoms. The normalized spacial score (nSPS) is 11.3. The Balaban J connectivity index is 1.79. The van der Waals surface area contributed by atoms with Gasteiger partial charge in [-0.25, -0.2) is 0 Å². The molecule has 2 rings (SSSR count). The fraction of sp³-hybridized carbons (Fsp3) is 0.676. The molecule has 2 aromatic rings. The van der Waals surface area contributed by atoms with Crippen molar-refractivity contribution in [3.8, 4) is 11.5 Å². The quantitative estimate of drug-likeness (QED) is 0.131. The predicted octanol–water partition coefficient (Wildman–Crippen LogP) is 11.6. The molecule has 0 aliphatic carbocycles. The average Bonchev–Trinajstić information content (AvgIpc) is 2.93. The first-order chi connectivity index (χ1) is 19.2. The lowest BCUT2D eigenvalue weighted by Crippen LogP contribution is -2.01. The molecule has 0 aliphatic heterocycles. The molecule has 0 fully saturated rings. The van der Waals surface area contributed by atoms with Crippen LogP contribution in [-0.2, 0) is 19.3 Å². The molecule has 0 bridgehead atoms. The van der Waals surface area contributed by atoms with Gasteiger partial charge in [0.1, 0.15) is 11.5 Å². The third kappa shape index (κ3) is 14.3. The Morgan fingerprint density at radius 1 is 0.410 bits per heavy atom. The third-order valence-corrected chi connectivity index (χ3v) is 8.44. The molecule has 0 saturated carbocycles. The minimum atomic E-state index is 0.430. The van der Waals surface area contributed by atoms with Gasteiger partial charge in [0, 0.05) is 0 Å². The molecule has 2 aromatic carbocycles. The zero-order valence-electron chi connectivity index (χ0n) is 25.6. The van der Waals surface area contributed by atoms with Crippen molar-refractivity contribution in [3.05, 3.63) is 58.7 Å². The van der Waals surface area contributed by atoms with Gasteiger partial charge in [-0.2, -0.15) is 0 Å². The molecule has 0 unspecified atom stereocenters. The summed E-state index contributed by atoms with van der Waals surface area (Å²) in [6.45, 7) is 4.55. The molecule has 2 N–H and O–H groups in total. The van der Waals surface area contributed by atoms with E-state index in [1.807, 2.05) is 24.3 Å². The van der Waals surface area contributed by atoms with E-state index in [4.69, 9.17) is 0 Å². The molecule has 220 valence electrons. The molecular weight excluding hydrogens is 476 g/mol. The lowest BCUT2D eigenvalue weighted by atomic mass is 9.91. The van der Waals surface area contributed by atoms with Crippen molar-refractivity contribution < 1.29 is 10.2 Å². The maximum absolute atomic E-state index is 10.7. The number of unbranched alkanes of at least 4 members (excludes halogenated alkanes) is 18. The Bertz CT molecular complexity index is 800. The van der Waals surface area contributed by atoms with E-state index in [2.05, 4.69) is 26.0 Å². The second kappa shape index (κ2) is 21.8. The van der Waals surface area contributed by atoms with E-state index in [0.29, 0.717) is 11.5 Å². The van der Waals surface area contributed by atoms with Crippen molar-refractivity contribution >= 4 is 0 Å². The Kier molecular flexibility index (Phi) is 18.6. The van der Waals surface area contributed by atoms with E-state index in [0.717, 1.165) is 43.2 Å². The molecule has 0 amide bonds. The van der Waals surface area contributed by atoms with E-state index < -0.39 is 0 Å². The second-order valence-corrected chi connectivity index (χ2v) is 11.9. The topological polar surface area (TPSA) is 40.5 Å². The highest BCUT2D eigenvalue weighted by molar-refractivity contribution is 5.46. The standard InChI is InChI=1S/C37H60O2/c1-3-5-7-9-11-13-15-17-19-21-27-34-32(25-23-29-36(34)38)31-33-26-24-30-37(39)35(33)28-22-20-18-16-14-12-10-8-6-4-2/h23-26,29-30,38-39H,3-22,27-28,31H2,1-2H3. The summed E-state index contributed by atoms with van der Waals surface area (Å²) in [5.74, 6) is 0.861. The van der Waals surface area contributed by atoms with E-state index in [1.54, 1.807) is 0 Å². The van der Waals surface area contributed by atoms with Gasteiger partial charge >= 0.3 is 0 Å². The van der Waals surface area contributed by atoms with Crippen LogP contribution >= 0.6 is 0 Å². The summed E-state index contributed by atoms with van der Waals surface area (Å²) in [6, 6.07) is 11.9. The monoisotopic (exact) mass is 536 g/mol. The molecule has 0 aliphatic rings. The van der Waals surface area contributed by atoms with Crippen LogP contribution in [0.2, 0.25) is 0 Å². The second-order valence-electron chi connectivity index (χ2n) is 11.9. The molecule has 0 spiro atoms. The minimum absolute atomic E-state index is 0.430. The van der Waals surface area contributed by atoms with Crippen molar-refractivity contribution in [3.63, 3.8) is 0 Å². The Hall–Kier alpha value is -1.96. The van der Waals surface area contributed by atoms with Gasteiger partial charge in [-0.3, -0.25) is 0 Å². The van der Waals surface area contributed by atoms with Gasteiger partial charge in [0.15, 0.2) is 0 Å². The molecule has 39 heavy (non-hydrogen) atoms. The van der Waals surface area contributed by atoms with Crippen LogP contribution in [0.1, 0.15) is 165 Å². The Morgan fingerprint density at radius 2 is 0.718 bits per heavy atom. The maximum atomic E-state index is 10.7. The Morgan fingerprint density at radius 3 is 1.05 bits per heavy atom. The van der Waals surface area contributed by atoms with Crippen LogP contribution in [0.15, 0.2) is 36.4 Å². The van der Waals surface area contributed by atoms with Gasteiger partial charge in [-0.05, 0) is 66.5 Å². The number of hydrogen-bond donors (Lipinski definition) is 2. The molecule has 0 atom stereocenters. The van der Waals surface area contributed by atoms with Gasteiger partial charge in [-0.1, -0.05) is 154 Å². The number of phenolic OH excluding ortho intramolecular Hbond substituents is 2. The highest BCUT2D eigenvalue weighted by Gasteiger charge is 2.13. The van der Waals surface area contributed by atoms with Crippen molar-refractivity contribution in [1.82, 2.24) is 0 Å². The summed E-state index contributed by atoms with van der Waals surface area (Å²) in [6.07, 6.45) is 29.1. The average molecular weight is 537 g/mol. The zero-order valence-corrected chi connectivity index (χ0v) is 25.6. The summed E-state index contributed by atoms with van der Waals surface area (Å²) >= 11 is 0. The summed E-state index contributed by atoms with van der Waals surface area (Å²) < 4.78 is 0. The lowest BCUT2D eigenvalue weighted by Gasteiger charge is -2.15. The first-order valence-electron chi connectivity index (χ1n) is 16.8. The first-order valence-corrected chi connectivity index (χ1v) is 16.8. The van der Waals surface area contributed by atoms with Crippen LogP contribution in [0.4, 0.5) is 0 Å². The number of phenols is 2. The van der Waals surface area contributed by atoms with E-state index >= 15 is 0 Å². The fourth-order valence-corrected chi connectivity index (χ4v) is 5.93. The van der Waals surface area contributed by atoms with Crippen LogP contribution in [0, 0.1) is 0 Å². The van der Waals surface area contributed by atoms with Crippen LogP contribution in [0.5, 0.6) is 11.5 Å². The largest absolute Gasteiger partial charge is 0.508 e. The number of aromatic hydroxyl groups is 2. The third-order valence-electron chi connectivity index (χ3n) is 8.44. The molecule has 2 nitrogen and oxygen atoms in total. The van der Waals surface area contributed by atoms with Crippen molar-refractivity contribution in [2.75, 3.05) is 0 Å². The fourth-order valence-electron chi connectivity index (χ4n) is 5.93. The summed E-state index contributed by atoms with van der Waals surface area (Å²) in [5.41, 5.74) is 4.62. The lowest BCUT2D eigenvalue weighted by molar-refractivity contribution is 0.463. The van der Waals surface area contributed by atoms with E-state index in [9.17, 15) is 10.2 Å². The van der Waals surface area contributed by atoms with Gasteiger partial charge < -0.3 is 10.2 Å². The summed E-state index contributed by atoms with van der Waals surface area (Å²) in [4.78, 5) is 0. The van der Waals surface area contributed by atoms with Gasteiger partial charge in [0.2, 0.25) is 0 Å². The number of hydrogen-bond acceptors (Lipinski definition) is 2. The van der Waals surface area contributed by atoms with Gasteiger partial charge in [0.25, 0.3) is 0 Å². The number of benzene rings is 2. The molecular formula is C37H60O2. The highest BCUT2D eigenvalue weighted by Crippen LogP contribution is 2.30. The van der Waals surface area contributed by atoms with Crippen molar-refractivity contribution in [1.29, 1.82) is 0 Å². The first kappa shape index (κ1) is 33.2. The summed E-state index contributed by atoms with van der Waals surface area (Å²) in [5, 5.41) is 21.4. The van der Waals surface area contributed by atoms with E-state index in [1.165, 1.54) is 127 Å². The maximum Gasteiger partial charge on any atom is 0.119 e. The van der Waals surface area contributed by atoms with Crippen LogP contribution in [0.3, 0.4) is 0 Å².